The van der Waals surface area contributed by atoms with Crippen LogP contribution in [-0.2, 0) is 4.74 Å². The molecule has 2 aliphatic heterocycles. The largest absolute Gasteiger partial charge is 0.493 e. The SMILES string of the molecule is Br.CCN1CCC[C@@H]2OC(c3ccccc3)c3cc(OC)c(OC)cc3[C@@H]21. The van der Waals surface area contributed by atoms with Crippen LogP contribution in [0.5, 0.6) is 11.5 Å². The molecule has 0 amide bonds. The number of likely N-dealkylation sites (N-methyl/N-ethyl adjacent to an activating group) is 1. The molecule has 2 aromatic rings. The third kappa shape index (κ3) is 3.60. The highest BCUT2D eigenvalue weighted by Crippen LogP contribution is 2.48. The molecule has 0 radical (unpaired) electrons. The maximum Gasteiger partial charge on any atom is 0.161 e. The van der Waals surface area contributed by atoms with E-state index in [0.29, 0.717) is 0 Å². The first-order valence-electron chi connectivity index (χ1n) is 9.47. The van der Waals surface area contributed by atoms with E-state index in [2.05, 4.69) is 48.2 Å². The van der Waals surface area contributed by atoms with E-state index >= 15 is 0 Å². The number of fused-ring (bicyclic) bond motifs is 3. The molecular weight excluding hydrogens is 406 g/mol. The Labute approximate surface area is 172 Å². The quantitative estimate of drug-likeness (QED) is 0.683. The Kier molecular flexibility index (Phi) is 6.45. The van der Waals surface area contributed by atoms with Gasteiger partial charge in [0.15, 0.2) is 11.5 Å². The van der Waals surface area contributed by atoms with Gasteiger partial charge in [0.25, 0.3) is 0 Å². The lowest BCUT2D eigenvalue weighted by atomic mass is 9.83. The number of ether oxygens (including phenoxy) is 3. The van der Waals surface area contributed by atoms with Crippen LogP contribution in [0.3, 0.4) is 0 Å². The monoisotopic (exact) mass is 433 g/mol. The molecule has 1 saturated heterocycles. The Hall–Kier alpha value is -1.56. The number of hydrogen-bond acceptors (Lipinski definition) is 4. The zero-order valence-corrected chi connectivity index (χ0v) is 17.9. The minimum atomic E-state index is -0.0657. The van der Waals surface area contributed by atoms with E-state index in [0.717, 1.165) is 31.0 Å². The smallest absolute Gasteiger partial charge is 0.161 e. The molecule has 146 valence electrons. The predicted molar refractivity (Wildman–Crippen MR) is 112 cm³/mol. The van der Waals surface area contributed by atoms with E-state index in [1.165, 1.54) is 23.1 Å². The van der Waals surface area contributed by atoms with Crippen LogP contribution >= 0.6 is 17.0 Å². The lowest BCUT2D eigenvalue weighted by Crippen LogP contribution is -2.46. The molecule has 0 N–H and O–H groups in total. The molecule has 1 fully saturated rings. The Bertz CT molecular complexity index is 768. The molecule has 0 aromatic heterocycles. The summed E-state index contributed by atoms with van der Waals surface area (Å²) < 4.78 is 17.9. The van der Waals surface area contributed by atoms with E-state index in [1.807, 2.05) is 6.07 Å². The Balaban J connectivity index is 0.00000210. The number of likely N-dealkylation sites (tertiary alicyclic amines) is 1. The number of methoxy groups -OCH3 is 2. The Morgan fingerprint density at radius 3 is 2.33 bits per heavy atom. The van der Waals surface area contributed by atoms with E-state index < -0.39 is 0 Å². The minimum Gasteiger partial charge on any atom is -0.493 e. The maximum absolute atomic E-state index is 6.67. The summed E-state index contributed by atoms with van der Waals surface area (Å²) in [6, 6.07) is 15.0. The van der Waals surface area contributed by atoms with E-state index in [-0.39, 0.29) is 35.2 Å². The molecule has 0 bridgehead atoms. The summed E-state index contributed by atoms with van der Waals surface area (Å²) >= 11 is 0. The molecule has 5 heteroatoms. The van der Waals surface area contributed by atoms with Crippen molar-refractivity contribution in [1.82, 2.24) is 4.90 Å². The van der Waals surface area contributed by atoms with Gasteiger partial charge < -0.3 is 14.2 Å². The highest BCUT2D eigenvalue weighted by atomic mass is 79.9. The van der Waals surface area contributed by atoms with Crippen molar-refractivity contribution in [2.24, 2.45) is 0 Å². The average molecular weight is 434 g/mol. The fourth-order valence-corrected chi connectivity index (χ4v) is 4.45. The maximum atomic E-state index is 6.67. The molecule has 2 heterocycles. The van der Waals surface area contributed by atoms with Crippen LogP contribution in [0.25, 0.3) is 0 Å². The van der Waals surface area contributed by atoms with E-state index in [9.17, 15) is 0 Å². The lowest BCUT2D eigenvalue weighted by Gasteiger charge is -2.47. The standard InChI is InChI=1S/C22H27NO3.BrH/c1-4-23-12-8-11-18-21(23)16-13-19(24-2)20(25-3)14-17(16)22(26-18)15-9-6-5-7-10-15;/h5-7,9-10,13-14,18,21-22H,4,8,11-12H2,1-3H3;1H/t18-,21-,22?;/m0./s1. The number of benzene rings is 2. The summed E-state index contributed by atoms with van der Waals surface area (Å²) in [5.74, 6) is 1.55. The van der Waals surface area contributed by atoms with Crippen molar-refractivity contribution >= 4 is 17.0 Å². The molecule has 4 rings (SSSR count). The molecule has 1 unspecified atom stereocenters. The zero-order chi connectivity index (χ0) is 18.1. The average Bonchev–Trinajstić information content (AvgIpc) is 2.72. The van der Waals surface area contributed by atoms with Crippen LogP contribution in [0.1, 0.15) is 48.6 Å². The van der Waals surface area contributed by atoms with Gasteiger partial charge in [0, 0.05) is 0 Å². The second kappa shape index (κ2) is 8.63. The third-order valence-corrected chi connectivity index (χ3v) is 5.69. The Morgan fingerprint density at radius 1 is 1.04 bits per heavy atom. The molecule has 2 aliphatic rings. The van der Waals surface area contributed by atoms with Crippen molar-refractivity contribution in [2.75, 3.05) is 27.3 Å². The zero-order valence-electron chi connectivity index (χ0n) is 16.2. The van der Waals surface area contributed by atoms with Crippen LogP contribution < -0.4 is 9.47 Å². The van der Waals surface area contributed by atoms with Gasteiger partial charge in [-0.2, -0.15) is 0 Å². The summed E-state index contributed by atoms with van der Waals surface area (Å²) in [5, 5.41) is 0. The van der Waals surface area contributed by atoms with Crippen molar-refractivity contribution in [3.8, 4) is 11.5 Å². The number of hydrogen-bond donors (Lipinski definition) is 0. The molecule has 0 spiro atoms. The van der Waals surface area contributed by atoms with E-state index in [1.54, 1.807) is 14.2 Å². The summed E-state index contributed by atoms with van der Waals surface area (Å²) in [6.45, 7) is 4.37. The fourth-order valence-electron chi connectivity index (χ4n) is 4.45. The molecule has 0 aliphatic carbocycles. The van der Waals surface area contributed by atoms with Gasteiger partial charge >= 0.3 is 0 Å². The number of piperidine rings is 1. The third-order valence-electron chi connectivity index (χ3n) is 5.69. The number of halogens is 1. The summed E-state index contributed by atoms with van der Waals surface area (Å²) in [6.07, 6.45) is 2.42. The van der Waals surface area contributed by atoms with Crippen molar-refractivity contribution in [1.29, 1.82) is 0 Å². The first kappa shape index (κ1) is 20.2. The minimum absolute atomic E-state index is 0. The second-order valence-electron chi connectivity index (χ2n) is 7.02. The van der Waals surface area contributed by atoms with Crippen LogP contribution in [0, 0.1) is 0 Å². The summed E-state index contributed by atoms with van der Waals surface area (Å²) in [7, 11) is 3.39. The van der Waals surface area contributed by atoms with Crippen molar-refractivity contribution < 1.29 is 14.2 Å². The van der Waals surface area contributed by atoms with Gasteiger partial charge in [0.1, 0.15) is 6.10 Å². The highest BCUT2D eigenvalue weighted by molar-refractivity contribution is 8.93. The van der Waals surface area contributed by atoms with Crippen molar-refractivity contribution in [3.05, 3.63) is 59.2 Å². The van der Waals surface area contributed by atoms with Crippen LogP contribution in [0.15, 0.2) is 42.5 Å². The summed E-state index contributed by atoms with van der Waals surface area (Å²) in [5.41, 5.74) is 3.69. The lowest BCUT2D eigenvalue weighted by molar-refractivity contribution is -0.0846. The van der Waals surface area contributed by atoms with Crippen molar-refractivity contribution in [3.63, 3.8) is 0 Å². The van der Waals surface area contributed by atoms with Crippen molar-refractivity contribution in [2.45, 2.75) is 38.0 Å². The van der Waals surface area contributed by atoms with Gasteiger partial charge in [0.2, 0.25) is 0 Å². The molecule has 4 nitrogen and oxygen atoms in total. The summed E-state index contributed by atoms with van der Waals surface area (Å²) in [4.78, 5) is 2.53. The van der Waals surface area contributed by atoms with Crippen LogP contribution in [-0.4, -0.2) is 38.3 Å². The first-order chi connectivity index (χ1) is 12.8. The Morgan fingerprint density at radius 2 is 1.70 bits per heavy atom. The molecule has 0 saturated carbocycles. The van der Waals surface area contributed by atoms with Gasteiger partial charge in [-0.25, -0.2) is 0 Å². The molecule has 27 heavy (non-hydrogen) atoms. The molecule has 3 atom stereocenters. The van der Waals surface area contributed by atoms with Crippen LogP contribution in [0.4, 0.5) is 0 Å². The van der Waals surface area contributed by atoms with E-state index in [4.69, 9.17) is 14.2 Å². The normalized spacial score (nSPS) is 24.3. The first-order valence-corrected chi connectivity index (χ1v) is 9.47. The van der Waals surface area contributed by atoms with Crippen LogP contribution in [0.2, 0.25) is 0 Å². The van der Waals surface area contributed by atoms with Gasteiger partial charge in [-0.3, -0.25) is 4.90 Å². The number of rotatable bonds is 4. The molecule has 2 aromatic carbocycles. The van der Waals surface area contributed by atoms with Gasteiger partial charge in [0.05, 0.1) is 26.4 Å². The molecular formula is C22H28BrNO3. The second-order valence-corrected chi connectivity index (χ2v) is 7.02. The predicted octanol–water partition coefficient (Wildman–Crippen LogP) is 4.93. The van der Waals surface area contributed by atoms with Gasteiger partial charge in [-0.1, -0.05) is 37.3 Å². The van der Waals surface area contributed by atoms with Gasteiger partial charge in [-0.05, 0) is 54.8 Å². The fraction of sp³-hybridized carbons (Fsp3) is 0.455. The topological polar surface area (TPSA) is 30.9 Å². The number of nitrogens with zero attached hydrogens (tertiary/aromatic N) is 1. The van der Waals surface area contributed by atoms with Gasteiger partial charge in [-0.15, -0.1) is 17.0 Å². The highest BCUT2D eigenvalue weighted by Gasteiger charge is 2.41.